The molecule has 0 unspecified atom stereocenters. The third kappa shape index (κ3) is 2.74. The van der Waals surface area contributed by atoms with Gasteiger partial charge in [0.05, 0.1) is 0 Å². The standard InChI is InChI=1S/C16H16N2O2/c19-16-17-10-11-18(16)14-6-8-15(9-7-14)20-12-13-4-2-1-3-5-13/h1-9H,10-12H2,(H,17,19). The van der Waals surface area contributed by atoms with E-state index in [4.69, 9.17) is 4.74 Å². The summed E-state index contributed by atoms with van der Waals surface area (Å²) in [5, 5.41) is 2.79. The van der Waals surface area contributed by atoms with Gasteiger partial charge >= 0.3 is 6.03 Å². The van der Waals surface area contributed by atoms with Crippen molar-refractivity contribution < 1.29 is 9.53 Å². The summed E-state index contributed by atoms with van der Waals surface area (Å²) in [6.45, 7) is 1.96. The largest absolute Gasteiger partial charge is 0.489 e. The Kier molecular flexibility index (Phi) is 3.54. The fourth-order valence-corrected chi connectivity index (χ4v) is 2.18. The van der Waals surface area contributed by atoms with Crippen molar-refractivity contribution in [3.63, 3.8) is 0 Å². The Morgan fingerprint density at radius 2 is 1.80 bits per heavy atom. The zero-order valence-electron chi connectivity index (χ0n) is 11.1. The SMILES string of the molecule is O=C1NCCN1c1ccc(OCc2ccccc2)cc1. The number of carbonyl (C=O) groups excluding carboxylic acids is 1. The average Bonchev–Trinajstić information content (AvgIpc) is 2.93. The highest BCUT2D eigenvalue weighted by atomic mass is 16.5. The van der Waals surface area contributed by atoms with Crippen LogP contribution in [0.1, 0.15) is 5.56 Å². The summed E-state index contributed by atoms with van der Waals surface area (Å²) < 4.78 is 5.72. The molecule has 1 fully saturated rings. The normalized spacial score (nSPS) is 14.2. The maximum absolute atomic E-state index is 11.6. The molecule has 1 saturated heterocycles. The van der Waals surface area contributed by atoms with Crippen LogP contribution in [0.4, 0.5) is 10.5 Å². The number of ether oxygens (including phenoxy) is 1. The highest BCUT2D eigenvalue weighted by molar-refractivity contribution is 5.94. The molecule has 0 radical (unpaired) electrons. The molecule has 1 N–H and O–H groups in total. The third-order valence-corrected chi connectivity index (χ3v) is 3.25. The van der Waals surface area contributed by atoms with Crippen molar-refractivity contribution in [1.82, 2.24) is 5.32 Å². The summed E-state index contributed by atoms with van der Waals surface area (Å²) in [4.78, 5) is 13.3. The predicted octanol–water partition coefficient (Wildman–Crippen LogP) is 2.80. The number of nitrogens with one attached hydrogen (secondary N) is 1. The van der Waals surface area contributed by atoms with Crippen LogP contribution < -0.4 is 15.0 Å². The van der Waals surface area contributed by atoms with Gasteiger partial charge in [-0.3, -0.25) is 4.90 Å². The Morgan fingerprint density at radius 3 is 2.45 bits per heavy atom. The van der Waals surface area contributed by atoms with Gasteiger partial charge in [-0.25, -0.2) is 4.79 Å². The Morgan fingerprint density at radius 1 is 1.05 bits per heavy atom. The fraction of sp³-hybridized carbons (Fsp3) is 0.188. The molecule has 2 amide bonds. The van der Waals surface area contributed by atoms with Crippen molar-refractivity contribution in [1.29, 1.82) is 0 Å². The molecule has 2 aromatic carbocycles. The van der Waals surface area contributed by atoms with E-state index in [9.17, 15) is 4.79 Å². The van der Waals surface area contributed by atoms with Gasteiger partial charge < -0.3 is 10.1 Å². The second-order valence-electron chi connectivity index (χ2n) is 4.65. The molecule has 102 valence electrons. The molecule has 3 rings (SSSR count). The van der Waals surface area contributed by atoms with E-state index in [2.05, 4.69) is 5.32 Å². The van der Waals surface area contributed by atoms with Crippen molar-refractivity contribution in [2.75, 3.05) is 18.0 Å². The summed E-state index contributed by atoms with van der Waals surface area (Å²) in [7, 11) is 0. The van der Waals surface area contributed by atoms with E-state index < -0.39 is 0 Å². The quantitative estimate of drug-likeness (QED) is 0.926. The second kappa shape index (κ2) is 5.65. The van der Waals surface area contributed by atoms with E-state index in [1.54, 1.807) is 4.90 Å². The number of benzene rings is 2. The van der Waals surface area contributed by atoms with Gasteiger partial charge in [0, 0.05) is 18.8 Å². The van der Waals surface area contributed by atoms with Crippen LogP contribution >= 0.6 is 0 Å². The number of hydrogen-bond donors (Lipinski definition) is 1. The van der Waals surface area contributed by atoms with Crippen molar-refractivity contribution in [3.05, 3.63) is 60.2 Å². The van der Waals surface area contributed by atoms with Gasteiger partial charge in [0.25, 0.3) is 0 Å². The van der Waals surface area contributed by atoms with Crippen molar-refractivity contribution >= 4 is 11.7 Å². The van der Waals surface area contributed by atoms with Gasteiger partial charge in [0.1, 0.15) is 12.4 Å². The molecule has 4 heteroatoms. The number of urea groups is 1. The number of anilines is 1. The van der Waals surface area contributed by atoms with Gasteiger partial charge in [-0.15, -0.1) is 0 Å². The van der Waals surface area contributed by atoms with Crippen LogP contribution in [0.2, 0.25) is 0 Å². The van der Waals surface area contributed by atoms with Gasteiger partial charge in [-0.2, -0.15) is 0 Å². The molecule has 1 aliphatic heterocycles. The summed E-state index contributed by atoms with van der Waals surface area (Å²) in [5.41, 5.74) is 2.03. The maximum Gasteiger partial charge on any atom is 0.321 e. The number of nitrogens with zero attached hydrogens (tertiary/aromatic N) is 1. The number of amides is 2. The molecule has 0 saturated carbocycles. The van der Waals surface area contributed by atoms with E-state index >= 15 is 0 Å². The average molecular weight is 268 g/mol. The van der Waals surface area contributed by atoms with Gasteiger partial charge in [-0.1, -0.05) is 30.3 Å². The summed E-state index contributed by atoms with van der Waals surface area (Å²) in [6, 6.07) is 17.6. The van der Waals surface area contributed by atoms with E-state index in [0.29, 0.717) is 19.7 Å². The second-order valence-corrected chi connectivity index (χ2v) is 4.65. The van der Waals surface area contributed by atoms with E-state index in [1.165, 1.54) is 0 Å². The lowest BCUT2D eigenvalue weighted by Gasteiger charge is -2.14. The van der Waals surface area contributed by atoms with E-state index in [1.807, 2.05) is 54.6 Å². The molecule has 1 heterocycles. The zero-order chi connectivity index (χ0) is 13.8. The molecule has 0 aromatic heterocycles. The van der Waals surface area contributed by atoms with Crippen molar-refractivity contribution in [3.8, 4) is 5.75 Å². The van der Waals surface area contributed by atoms with Crippen LogP contribution in [0.15, 0.2) is 54.6 Å². The monoisotopic (exact) mass is 268 g/mol. The van der Waals surface area contributed by atoms with Gasteiger partial charge in [0.15, 0.2) is 0 Å². The first-order chi connectivity index (χ1) is 9.83. The van der Waals surface area contributed by atoms with Crippen molar-refractivity contribution in [2.24, 2.45) is 0 Å². The molecule has 0 bridgehead atoms. The topological polar surface area (TPSA) is 41.6 Å². The summed E-state index contributed by atoms with van der Waals surface area (Å²) >= 11 is 0. The lowest BCUT2D eigenvalue weighted by Crippen LogP contribution is -2.27. The Labute approximate surface area is 118 Å². The summed E-state index contributed by atoms with van der Waals surface area (Å²) in [5.74, 6) is 0.803. The minimum absolute atomic E-state index is 0.0389. The number of rotatable bonds is 4. The highest BCUT2D eigenvalue weighted by Crippen LogP contribution is 2.21. The van der Waals surface area contributed by atoms with E-state index in [0.717, 1.165) is 17.0 Å². The molecular formula is C16H16N2O2. The maximum atomic E-state index is 11.6. The number of hydrogen-bond acceptors (Lipinski definition) is 2. The molecule has 0 atom stereocenters. The minimum Gasteiger partial charge on any atom is -0.489 e. The number of carbonyl (C=O) groups is 1. The van der Waals surface area contributed by atoms with Gasteiger partial charge in [0.2, 0.25) is 0 Å². The third-order valence-electron chi connectivity index (χ3n) is 3.25. The fourth-order valence-electron chi connectivity index (χ4n) is 2.18. The summed E-state index contributed by atoms with van der Waals surface area (Å²) in [6.07, 6.45) is 0. The molecule has 2 aromatic rings. The molecule has 4 nitrogen and oxygen atoms in total. The zero-order valence-corrected chi connectivity index (χ0v) is 11.1. The Balaban J connectivity index is 1.63. The van der Waals surface area contributed by atoms with Crippen LogP contribution in [0.25, 0.3) is 0 Å². The van der Waals surface area contributed by atoms with Crippen LogP contribution in [0, 0.1) is 0 Å². The predicted molar refractivity (Wildman–Crippen MR) is 78.0 cm³/mol. The van der Waals surface area contributed by atoms with E-state index in [-0.39, 0.29) is 6.03 Å². The Bertz CT molecular complexity index is 581. The van der Waals surface area contributed by atoms with Crippen LogP contribution in [0.3, 0.4) is 0 Å². The van der Waals surface area contributed by atoms with Crippen LogP contribution in [-0.2, 0) is 6.61 Å². The molecule has 0 aliphatic carbocycles. The first-order valence-corrected chi connectivity index (χ1v) is 6.65. The van der Waals surface area contributed by atoms with Gasteiger partial charge in [-0.05, 0) is 29.8 Å². The lowest BCUT2D eigenvalue weighted by molar-refractivity contribution is 0.252. The smallest absolute Gasteiger partial charge is 0.321 e. The van der Waals surface area contributed by atoms with Crippen LogP contribution in [-0.4, -0.2) is 19.1 Å². The molecule has 20 heavy (non-hydrogen) atoms. The Hall–Kier alpha value is -2.49. The minimum atomic E-state index is -0.0389. The first-order valence-electron chi connectivity index (χ1n) is 6.65. The molecule has 0 spiro atoms. The molecule has 1 aliphatic rings. The first kappa shape index (κ1) is 12.5. The molecular weight excluding hydrogens is 252 g/mol. The lowest BCUT2D eigenvalue weighted by atomic mass is 10.2. The van der Waals surface area contributed by atoms with Crippen molar-refractivity contribution in [2.45, 2.75) is 6.61 Å². The van der Waals surface area contributed by atoms with Crippen LogP contribution in [0.5, 0.6) is 5.75 Å². The highest BCUT2D eigenvalue weighted by Gasteiger charge is 2.20.